The number of fused-ring (bicyclic) bond motifs is 1. The van der Waals surface area contributed by atoms with Crippen LogP contribution in [0, 0.1) is 11.6 Å². The highest BCUT2D eigenvalue weighted by molar-refractivity contribution is 6.02. The van der Waals surface area contributed by atoms with Gasteiger partial charge in [0.05, 0.1) is 11.9 Å². The lowest BCUT2D eigenvalue weighted by molar-refractivity contribution is -0.111. The Balaban J connectivity index is 1.79. The van der Waals surface area contributed by atoms with Gasteiger partial charge in [-0.2, -0.15) is 0 Å². The van der Waals surface area contributed by atoms with Crippen molar-refractivity contribution in [1.82, 2.24) is 9.38 Å². The Hall–Kier alpha value is -3.02. The lowest BCUT2D eigenvalue weighted by Crippen LogP contribution is -2.11. The van der Waals surface area contributed by atoms with Gasteiger partial charge in [0.1, 0.15) is 23.0 Å². The fourth-order valence-corrected chi connectivity index (χ4v) is 2.02. The van der Waals surface area contributed by atoms with Gasteiger partial charge in [-0.25, -0.2) is 13.8 Å². The Labute approximate surface area is 124 Å². The molecule has 0 atom stereocenters. The predicted octanol–water partition coefficient (Wildman–Crippen LogP) is 3.26. The normalized spacial score (nSPS) is 11.2. The largest absolute Gasteiger partial charge is 0.318 e. The third-order valence-electron chi connectivity index (χ3n) is 3.06. The lowest BCUT2D eigenvalue weighted by Gasteiger charge is -2.04. The summed E-state index contributed by atoms with van der Waals surface area (Å²) in [4.78, 5) is 16.0. The first-order valence-electron chi connectivity index (χ1n) is 6.50. The number of aromatic nitrogens is 2. The number of imidazole rings is 1. The average Bonchev–Trinajstić information content (AvgIpc) is 2.92. The molecule has 0 aliphatic heterocycles. The molecule has 0 saturated heterocycles. The van der Waals surface area contributed by atoms with Gasteiger partial charge < -0.3 is 9.72 Å². The molecule has 2 heterocycles. The third-order valence-corrected chi connectivity index (χ3v) is 3.06. The van der Waals surface area contributed by atoms with E-state index in [0.717, 1.165) is 17.8 Å². The SMILES string of the molecule is O=C(/C=C/c1cnc2ccccn12)Nc1c(F)cccc1F. The van der Waals surface area contributed by atoms with Crippen LogP contribution in [0.1, 0.15) is 5.69 Å². The van der Waals surface area contributed by atoms with Crippen LogP contribution < -0.4 is 5.32 Å². The molecule has 3 rings (SSSR count). The van der Waals surface area contributed by atoms with E-state index >= 15 is 0 Å². The minimum Gasteiger partial charge on any atom is -0.318 e. The summed E-state index contributed by atoms with van der Waals surface area (Å²) in [5.74, 6) is -2.28. The quantitative estimate of drug-likeness (QED) is 0.755. The summed E-state index contributed by atoms with van der Waals surface area (Å²) in [7, 11) is 0. The zero-order chi connectivity index (χ0) is 15.5. The van der Waals surface area contributed by atoms with Crippen LogP contribution in [0.2, 0.25) is 0 Å². The monoisotopic (exact) mass is 299 g/mol. The maximum absolute atomic E-state index is 13.4. The van der Waals surface area contributed by atoms with Crippen molar-refractivity contribution >= 4 is 23.3 Å². The molecule has 3 aromatic rings. The molecule has 2 aromatic heterocycles. The molecule has 6 heteroatoms. The molecule has 110 valence electrons. The zero-order valence-electron chi connectivity index (χ0n) is 11.3. The number of nitrogens with one attached hydrogen (secondary N) is 1. The summed E-state index contributed by atoms with van der Waals surface area (Å²) in [5.41, 5.74) is 0.956. The molecule has 1 N–H and O–H groups in total. The first-order valence-corrected chi connectivity index (χ1v) is 6.50. The summed E-state index contributed by atoms with van der Waals surface area (Å²) in [6, 6.07) is 8.89. The number of hydrogen-bond donors (Lipinski definition) is 1. The van der Waals surface area contributed by atoms with Crippen LogP contribution >= 0.6 is 0 Å². The number of halogens is 2. The van der Waals surface area contributed by atoms with Crippen LogP contribution in [0.3, 0.4) is 0 Å². The highest BCUT2D eigenvalue weighted by atomic mass is 19.1. The maximum atomic E-state index is 13.4. The summed E-state index contributed by atoms with van der Waals surface area (Å²) in [6.45, 7) is 0. The van der Waals surface area contributed by atoms with Crippen molar-refractivity contribution in [2.45, 2.75) is 0 Å². The highest BCUT2D eigenvalue weighted by Gasteiger charge is 2.10. The number of carbonyl (C=O) groups is 1. The first kappa shape index (κ1) is 13.9. The molecule has 4 nitrogen and oxygen atoms in total. The molecule has 0 aliphatic carbocycles. The van der Waals surface area contributed by atoms with Crippen molar-refractivity contribution < 1.29 is 13.6 Å². The van der Waals surface area contributed by atoms with Crippen LogP contribution in [0.5, 0.6) is 0 Å². The minimum absolute atomic E-state index is 0.463. The number of carbonyl (C=O) groups excluding carboxylic acids is 1. The first-order chi connectivity index (χ1) is 10.6. The number of pyridine rings is 1. The van der Waals surface area contributed by atoms with Crippen LogP contribution in [0.25, 0.3) is 11.7 Å². The summed E-state index contributed by atoms with van der Waals surface area (Å²) >= 11 is 0. The average molecular weight is 299 g/mol. The van der Waals surface area contributed by atoms with E-state index in [-0.39, 0.29) is 0 Å². The number of anilines is 1. The summed E-state index contributed by atoms with van der Waals surface area (Å²) in [6.07, 6.45) is 6.12. The van der Waals surface area contributed by atoms with Crippen molar-refractivity contribution in [3.8, 4) is 0 Å². The van der Waals surface area contributed by atoms with Gasteiger partial charge in [0, 0.05) is 12.3 Å². The predicted molar refractivity (Wildman–Crippen MR) is 79.2 cm³/mol. The number of rotatable bonds is 3. The number of amides is 1. The third kappa shape index (κ3) is 2.71. The minimum atomic E-state index is -0.823. The fraction of sp³-hybridized carbons (Fsp3) is 0. The van der Waals surface area contributed by atoms with Gasteiger partial charge in [0.25, 0.3) is 0 Å². The molecule has 0 aliphatic rings. The Morgan fingerprint density at radius 3 is 2.68 bits per heavy atom. The van der Waals surface area contributed by atoms with Crippen molar-refractivity contribution in [3.05, 3.63) is 72.2 Å². The van der Waals surface area contributed by atoms with E-state index in [1.807, 2.05) is 18.2 Å². The zero-order valence-corrected chi connectivity index (χ0v) is 11.3. The molecule has 0 bridgehead atoms. The van der Waals surface area contributed by atoms with E-state index in [1.165, 1.54) is 18.2 Å². The van der Waals surface area contributed by atoms with Gasteiger partial charge in [-0.3, -0.25) is 4.79 Å². The van der Waals surface area contributed by atoms with Gasteiger partial charge in [-0.15, -0.1) is 0 Å². The van der Waals surface area contributed by atoms with Crippen LogP contribution in [-0.4, -0.2) is 15.3 Å². The van der Waals surface area contributed by atoms with E-state index in [9.17, 15) is 13.6 Å². The molecule has 0 radical (unpaired) electrons. The van der Waals surface area contributed by atoms with Crippen molar-refractivity contribution in [2.24, 2.45) is 0 Å². The molecule has 1 amide bonds. The second-order valence-corrected chi connectivity index (χ2v) is 4.53. The summed E-state index contributed by atoms with van der Waals surface area (Å²) < 4.78 is 28.7. The fourth-order valence-electron chi connectivity index (χ4n) is 2.02. The molecule has 0 fully saturated rings. The standard InChI is InChI=1S/C16H11F2N3O/c17-12-4-3-5-13(18)16(12)20-15(22)8-7-11-10-19-14-6-1-2-9-21(11)14/h1-10H,(H,20,22)/b8-7+. The number of benzene rings is 1. The Kier molecular flexibility index (Phi) is 3.65. The van der Waals surface area contributed by atoms with Crippen molar-refractivity contribution in [1.29, 1.82) is 0 Å². The van der Waals surface area contributed by atoms with Crippen molar-refractivity contribution in [3.63, 3.8) is 0 Å². The maximum Gasteiger partial charge on any atom is 0.248 e. The van der Waals surface area contributed by atoms with Gasteiger partial charge >= 0.3 is 0 Å². The molecule has 1 aromatic carbocycles. The number of para-hydroxylation sites is 1. The molecule has 22 heavy (non-hydrogen) atoms. The van der Waals surface area contributed by atoms with Gasteiger partial charge in [-0.1, -0.05) is 12.1 Å². The van der Waals surface area contributed by atoms with E-state index in [4.69, 9.17) is 0 Å². The van der Waals surface area contributed by atoms with E-state index in [2.05, 4.69) is 10.3 Å². The lowest BCUT2D eigenvalue weighted by atomic mass is 10.3. The molecule has 0 spiro atoms. The Morgan fingerprint density at radius 2 is 1.91 bits per heavy atom. The van der Waals surface area contributed by atoms with Gasteiger partial charge in [-0.05, 0) is 30.3 Å². The Morgan fingerprint density at radius 1 is 1.14 bits per heavy atom. The molecule has 0 unspecified atom stereocenters. The van der Waals surface area contributed by atoms with Crippen molar-refractivity contribution in [2.75, 3.05) is 5.32 Å². The number of nitrogens with zero attached hydrogens (tertiary/aromatic N) is 2. The summed E-state index contributed by atoms with van der Waals surface area (Å²) in [5, 5.41) is 2.18. The molecular formula is C16H11F2N3O. The van der Waals surface area contributed by atoms with E-state index in [0.29, 0.717) is 5.69 Å². The highest BCUT2D eigenvalue weighted by Crippen LogP contribution is 2.18. The Bertz CT molecular complexity index is 850. The second-order valence-electron chi connectivity index (χ2n) is 4.53. The van der Waals surface area contributed by atoms with Gasteiger partial charge in [0.15, 0.2) is 0 Å². The second kappa shape index (κ2) is 5.77. The van der Waals surface area contributed by atoms with E-state index < -0.39 is 23.2 Å². The number of hydrogen-bond acceptors (Lipinski definition) is 2. The van der Waals surface area contributed by atoms with Crippen LogP contribution in [0.4, 0.5) is 14.5 Å². The topological polar surface area (TPSA) is 46.4 Å². The van der Waals surface area contributed by atoms with E-state index in [1.54, 1.807) is 16.8 Å². The van der Waals surface area contributed by atoms with Crippen LogP contribution in [0.15, 0.2) is 54.9 Å². The van der Waals surface area contributed by atoms with Crippen LogP contribution in [-0.2, 0) is 4.79 Å². The molecule has 0 saturated carbocycles. The molecular weight excluding hydrogens is 288 g/mol. The van der Waals surface area contributed by atoms with Gasteiger partial charge in [0.2, 0.25) is 5.91 Å². The smallest absolute Gasteiger partial charge is 0.248 e.